The first-order chi connectivity index (χ1) is 20.6. The van der Waals surface area contributed by atoms with Gasteiger partial charge in [0, 0.05) is 22.5 Å². The Morgan fingerprint density at radius 2 is 0.907 bits per heavy atom. The van der Waals surface area contributed by atoms with E-state index in [0.717, 1.165) is 11.1 Å². The van der Waals surface area contributed by atoms with E-state index in [1.165, 1.54) is 12.2 Å². The van der Waals surface area contributed by atoms with Gasteiger partial charge in [-0.25, -0.2) is 0 Å². The lowest BCUT2D eigenvalue weighted by Gasteiger charge is -2.28. The van der Waals surface area contributed by atoms with Crippen LogP contribution in [0.1, 0.15) is 43.0 Å². The van der Waals surface area contributed by atoms with Gasteiger partial charge in [-0.05, 0) is 85.7 Å². The van der Waals surface area contributed by atoms with E-state index < -0.39 is 30.1 Å². The van der Waals surface area contributed by atoms with Crippen molar-refractivity contribution in [1.29, 1.82) is 0 Å². The number of hydrogen-bond donors (Lipinski definition) is 6. The van der Waals surface area contributed by atoms with Crippen LogP contribution in [0.3, 0.4) is 0 Å². The number of amides is 2. The van der Waals surface area contributed by atoms with Crippen molar-refractivity contribution >= 4 is 35.3 Å². The predicted molar refractivity (Wildman–Crippen MR) is 169 cm³/mol. The van der Waals surface area contributed by atoms with Crippen LogP contribution in [0, 0.1) is 19.3 Å². The van der Waals surface area contributed by atoms with Crippen molar-refractivity contribution in [2.75, 3.05) is 23.8 Å². The molecule has 0 aliphatic carbocycles. The van der Waals surface area contributed by atoms with E-state index in [1.807, 2.05) is 38.1 Å². The molecule has 0 radical (unpaired) electrons. The quantitative estimate of drug-likeness (QED) is 0.123. The van der Waals surface area contributed by atoms with Crippen molar-refractivity contribution in [3.63, 3.8) is 0 Å². The molecule has 0 unspecified atom stereocenters. The molecule has 0 saturated heterocycles. The highest BCUT2D eigenvalue weighted by Crippen LogP contribution is 2.35. The molecule has 220 valence electrons. The average Bonchev–Trinajstić information content (AvgIpc) is 3.00. The van der Waals surface area contributed by atoms with E-state index in [2.05, 4.69) is 10.6 Å². The van der Waals surface area contributed by atoms with Gasteiger partial charge in [0.15, 0.2) is 0 Å². The molecule has 6 N–H and O–H groups in total. The first-order valence-electron chi connectivity index (χ1n) is 13.6. The molecular formula is C35H34N2O6. The molecule has 2 amide bonds. The van der Waals surface area contributed by atoms with Gasteiger partial charge in [0.2, 0.25) is 0 Å². The summed E-state index contributed by atoms with van der Waals surface area (Å²) in [5.41, 5.74) is 3.38. The van der Waals surface area contributed by atoms with Crippen molar-refractivity contribution in [1.82, 2.24) is 0 Å². The summed E-state index contributed by atoms with van der Waals surface area (Å²) in [6, 6.07) is 27.6. The van der Waals surface area contributed by atoms with Crippen LogP contribution in [0.4, 0.5) is 11.4 Å². The molecule has 0 heterocycles. The average molecular weight is 579 g/mol. The summed E-state index contributed by atoms with van der Waals surface area (Å²) in [5, 5.41) is 47.8. The predicted octanol–water partition coefficient (Wildman–Crippen LogP) is 6.28. The van der Waals surface area contributed by atoms with Crippen LogP contribution in [0.2, 0.25) is 0 Å². The van der Waals surface area contributed by atoms with Crippen LogP contribution in [-0.4, -0.2) is 45.5 Å². The van der Waals surface area contributed by atoms with Crippen molar-refractivity contribution < 1.29 is 30.0 Å². The van der Waals surface area contributed by atoms with Crippen LogP contribution >= 0.6 is 0 Å². The van der Waals surface area contributed by atoms with Crippen molar-refractivity contribution in [3.8, 4) is 0 Å². The third kappa shape index (κ3) is 7.56. The molecular weight excluding hydrogens is 544 g/mol. The van der Waals surface area contributed by atoms with E-state index in [0.29, 0.717) is 33.6 Å². The second kappa shape index (κ2) is 13.7. The van der Waals surface area contributed by atoms with E-state index in [-0.39, 0.29) is 11.8 Å². The molecule has 0 bridgehead atoms. The highest BCUT2D eigenvalue weighted by atomic mass is 16.3. The van der Waals surface area contributed by atoms with Crippen molar-refractivity contribution in [2.45, 2.75) is 13.8 Å². The second-order valence-corrected chi connectivity index (χ2v) is 10.3. The molecule has 4 rings (SSSR count). The minimum absolute atomic E-state index is 0.262. The number of benzene rings is 4. The SMILES string of the molecule is Cc1ccc(C(=O)Nc2ccc(C=C(O)C(CO)(CO)C(O)=Cc3ccc(NC(=O)c4ccc(C)cc4)cc3)cc2)cc1. The molecule has 0 atom stereocenters. The molecule has 0 aliphatic heterocycles. The molecule has 0 aromatic heterocycles. The standard InChI is InChI=1S/C35H34N2O6/c1-23-3-11-27(12-4-23)33(42)36-29-15-7-25(8-16-29)19-31(40)35(21-38,22-39)32(41)20-26-9-17-30(18-10-26)37-34(43)28-13-5-24(2)6-14-28/h3-20,38-41H,21-22H2,1-2H3,(H,36,42)(H,37,43). The van der Waals surface area contributed by atoms with Gasteiger partial charge >= 0.3 is 0 Å². The lowest BCUT2D eigenvalue weighted by molar-refractivity contribution is 0.0487. The van der Waals surface area contributed by atoms with E-state index in [4.69, 9.17) is 0 Å². The highest BCUT2D eigenvalue weighted by Gasteiger charge is 2.38. The Labute approximate surface area is 250 Å². The first-order valence-corrected chi connectivity index (χ1v) is 13.6. The highest BCUT2D eigenvalue weighted by molar-refractivity contribution is 6.05. The molecule has 4 aromatic rings. The van der Waals surface area contributed by atoms with Gasteiger partial charge in [-0.1, -0.05) is 59.7 Å². The molecule has 43 heavy (non-hydrogen) atoms. The Morgan fingerprint density at radius 1 is 0.581 bits per heavy atom. The lowest BCUT2D eigenvalue weighted by atomic mass is 9.83. The maximum atomic E-state index is 12.5. The fraction of sp³-hybridized carbons (Fsp3) is 0.143. The Kier molecular flexibility index (Phi) is 9.77. The molecule has 0 saturated carbocycles. The van der Waals surface area contributed by atoms with Crippen molar-refractivity contribution in [3.05, 3.63) is 142 Å². The maximum Gasteiger partial charge on any atom is 0.255 e. The molecule has 0 spiro atoms. The van der Waals surface area contributed by atoms with Crippen LogP contribution in [0.25, 0.3) is 12.2 Å². The van der Waals surface area contributed by atoms with Crippen LogP contribution in [0.15, 0.2) is 109 Å². The third-order valence-corrected chi connectivity index (χ3v) is 7.09. The zero-order chi connectivity index (χ0) is 31.0. The smallest absolute Gasteiger partial charge is 0.255 e. The zero-order valence-corrected chi connectivity index (χ0v) is 23.9. The first kappa shape index (κ1) is 30.8. The Balaban J connectivity index is 1.46. The summed E-state index contributed by atoms with van der Waals surface area (Å²) in [7, 11) is 0. The van der Waals surface area contributed by atoms with Gasteiger partial charge < -0.3 is 31.1 Å². The van der Waals surface area contributed by atoms with Gasteiger partial charge in [-0.15, -0.1) is 0 Å². The second-order valence-electron chi connectivity index (χ2n) is 10.3. The van der Waals surface area contributed by atoms with E-state index in [1.54, 1.807) is 72.8 Å². The molecule has 0 aliphatic rings. The summed E-state index contributed by atoms with van der Waals surface area (Å²) in [4.78, 5) is 25.0. The fourth-order valence-corrected chi connectivity index (χ4v) is 4.24. The summed E-state index contributed by atoms with van der Waals surface area (Å²) in [6.45, 7) is 2.33. The maximum absolute atomic E-state index is 12.5. The van der Waals surface area contributed by atoms with Gasteiger partial charge in [0.05, 0.1) is 13.2 Å². The molecule has 8 heteroatoms. The van der Waals surface area contributed by atoms with E-state index in [9.17, 15) is 30.0 Å². The number of aryl methyl sites for hydroxylation is 2. The normalized spacial score (nSPS) is 12.1. The van der Waals surface area contributed by atoms with Gasteiger partial charge in [-0.2, -0.15) is 0 Å². The lowest BCUT2D eigenvalue weighted by Crippen LogP contribution is -2.34. The van der Waals surface area contributed by atoms with E-state index >= 15 is 0 Å². The third-order valence-electron chi connectivity index (χ3n) is 7.09. The topological polar surface area (TPSA) is 139 Å². The number of aliphatic hydroxyl groups excluding tert-OH is 4. The molecule has 4 aromatic carbocycles. The zero-order valence-electron chi connectivity index (χ0n) is 23.9. The number of aliphatic hydroxyl groups is 4. The summed E-state index contributed by atoms with van der Waals surface area (Å²) in [6.07, 6.45) is 2.65. The van der Waals surface area contributed by atoms with Crippen LogP contribution in [0.5, 0.6) is 0 Å². The number of rotatable bonds is 10. The van der Waals surface area contributed by atoms with Gasteiger partial charge in [0.25, 0.3) is 11.8 Å². The number of hydrogen-bond acceptors (Lipinski definition) is 6. The fourth-order valence-electron chi connectivity index (χ4n) is 4.24. The molecule has 8 nitrogen and oxygen atoms in total. The number of nitrogens with one attached hydrogen (secondary N) is 2. The van der Waals surface area contributed by atoms with Gasteiger partial charge in [0.1, 0.15) is 16.9 Å². The summed E-state index contributed by atoms with van der Waals surface area (Å²) in [5.74, 6) is -1.43. The summed E-state index contributed by atoms with van der Waals surface area (Å²) >= 11 is 0. The Hall–Kier alpha value is -5.18. The minimum atomic E-state index is -1.86. The van der Waals surface area contributed by atoms with Crippen LogP contribution in [-0.2, 0) is 0 Å². The van der Waals surface area contributed by atoms with Crippen LogP contribution < -0.4 is 10.6 Å². The number of carbonyl (C=O) groups excluding carboxylic acids is 2. The minimum Gasteiger partial charge on any atom is -0.511 e. The van der Waals surface area contributed by atoms with Crippen molar-refractivity contribution in [2.24, 2.45) is 5.41 Å². The van der Waals surface area contributed by atoms with Gasteiger partial charge in [-0.3, -0.25) is 9.59 Å². The number of anilines is 2. The summed E-state index contributed by atoms with van der Waals surface area (Å²) < 4.78 is 0. The Morgan fingerprint density at radius 3 is 1.21 bits per heavy atom. The monoisotopic (exact) mass is 578 g/mol. The largest absolute Gasteiger partial charge is 0.511 e. The Bertz CT molecular complexity index is 1500. The number of carbonyl (C=O) groups is 2. The molecule has 0 fully saturated rings.